The molecule has 9 heteroatoms. The van der Waals surface area contributed by atoms with Gasteiger partial charge in [-0.3, -0.25) is 19.3 Å². The maximum Gasteiger partial charge on any atom is 0.262 e. The van der Waals surface area contributed by atoms with E-state index in [-0.39, 0.29) is 0 Å². The predicted molar refractivity (Wildman–Crippen MR) is 106 cm³/mol. The Morgan fingerprint density at radius 3 is 2.59 bits per heavy atom. The molecule has 1 aliphatic heterocycles. The van der Waals surface area contributed by atoms with Crippen LogP contribution in [0.1, 0.15) is 33.2 Å². The van der Waals surface area contributed by atoms with E-state index in [1.54, 1.807) is 36.4 Å². The molecule has 146 valence electrons. The van der Waals surface area contributed by atoms with E-state index in [9.17, 15) is 14.4 Å². The highest BCUT2D eigenvalue weighted by Gasteiger charge is 2.41. The Morgan fingerprint density at radius 2 is 1.86 bits per heavy atom. The van der Waals surface area contributed by atoms with E-state index >= 15 is 0 Å². The standard InChI is InChI=1S/C20H16ClN5O3/c1-11-3-5-14-15(7-11)20(29)26(19(14)28)12(2)18(27)24-16-8-13(21)4-6-17(16)25-10-22-9-23-25/h3-10,12H,1-2H3,(H,24,27). The van der Waals surface area contributed by atoms with Gasteiger partial charge in [0, 0.05) is 5.02 Å². The number of carbonyl (C=O) groups excluding carboxylic acids is 3. The zero-order valence-corrected chi connectivity index (χ0v) is 16.3. The lowest BCUT2D eigenvalue weighted by Crippen LogP contribution is -2.45. The first kappa shape index (κ1) is 18.8. The summed E-state index contributed by atoms with van der Waals surface area (Å²) in [6, 6.07) is 8.90. The fraction of sp³-hybridized carbons (Fsp3) is 0.150. The van der Waals surface area contributed by atoms with Crippen LogP contribution in [0.15, 0.2) is 49.1 Å². The summed E-state index contributed by atoms with van der Waals surface area (Å²) in [6.07, 6.45) is 2.85. The molecule has 3 aromatic rings. The number of amides is 3. The minimum Gasteiger partial charge on any atom is -0.322 e. The molecule has 3 amide bonds. The summed E-state index contributed by atoms with van der Waals surface area (Å²) in [4.78, 5) is 43.2. The highest BCUT2D eigenvalue weighted by molar-refractivity contribution is 6.31. The predicted octanol–water partition coefficient (Wildman–Crippen LogP) is 2.85. The van der Waals surface area contributed by atoms with Crippen LogP contribution in [-0.4, -0.2) is 43.4 Å². The number of fused-ring (bicyclic) bond motifs is 1. The average molecular weight is 410 g/mol. The molecule has 2 heterocycles. The number of halogens is 1. The van der Waals surface area contributed by atoms with Gasteiger partial charge >= 0.3 is 0 Å². The van der Waals surface area contributed by atoms with Crippen molar-refractivity contribution in [3.05, 3.63) is 70.8 Å². The van der Waals surface area contributed by atoms with Crippen LogP contribution >= 0.6 is 11.6 Å². The van der Waals surface area contributed by atoms with E-state index in [4.69, 9.17) is 11.6 Å². The molecular weight excluding hydrogens is 394 g/mol. The highest BCUT2D eigenvalue weighted by atomic mass is 35.5. The number of benzene rings is 2. The molecular formula is C20H16ClN5O3. The van der Waals surface area contributed by atoms with Crippen LogP contribution in [-0.2, 0) is 4.79 Å². The Bertz CT molecular complexity index is 1140. The van der Waals surface area contributed by atoms with Crippen LogP contribution in [0.5, 0.6) is 0 Å². The number of aromatic nitrogens is 3. The number of carbonyl (C=O) groups is 3. The van der Waals surface area contributed by atoms with Gasteiger partial charge in [-0.05, 0) is 44.2 Å². The monoisotopic (exact) mass is 409 g/mol. The SMILES string of the molecule is Cc1ccc2c(c1)C(=O)N(C(C)C(=O)Nc1cc(Cl)ccc1-n1cncn1)C2=O. The van der Waals surface area contributed by atoms with E-state index in [2.05, 4.69) is 15.4 Å². The van der Waals surface area contributed by atoms with Crippen molar-refractivity contribution in [2.24, 2.45) is 0 Å². The number of aryl methyl sites for hydroxylation is 1. The molecule has 0 radical (unpaired) electrons. The average Bonchev–Trinajstić information content (AvgIpc) is 3.29. The fourth-order valence-corrected chi connectivity index (χ4v) is 3.39. The molecule has 0 saturated carbocycles. The van der Waals surface area contributed by atoms with Crippen molar-refractivity contribution in [2.75, 3.05) is 5.32 Å². The van der Waals surface area contributed by atoms with Crippen LogP contribution in [0.25, 0.3) is 5.69 Å². The van der Waals surface area contributed by atoms with Gasteiger partial charge in [0.1, 0.15) is 18.7 Å². The smallest absolute Gasteiger partial charge is 0.262 e. The molecule has 0 spiro atoms. The maximum absolute atomic E-state index is 12.9. The molecule has 4 rings (SSSR count). The lowest BCUT2D eigenvalue weighted by molar-refractivity contribution is -0.119. The van der Waals surface area contributed by atoms with Crippen LogP contribution in [0.3, 0.4) is 0 Å². The van der Waals surface area contributed by atoms with E-state index in [1.807, 2.05) is 6.92 Å². The van der Waals surface area contributed by atoms with Gasteiger partial charge in [-0.2, -0.15) is 5.10 Å². The Hall–Kier alpha value is -3.52. The van der Waals surface area contributed by atoms with Gasteiger partial charge in [0.2, 0.25) is 5.91 Å². The van der Waals surface area contributed by atoms with E-state index in [0.29, 0.717) is 27.5 Å². The summed E-state index contributed by atoms with van der Waals surface area (Å²) in [5.41, 5.74) is 2.39. The minimum absolute atomic E-state index is 0.298. The topological polar surface area (TPSA) is 97.2 Å². The summed E-state index contributed by atoms with van der Waals surface area (Å²) in [7, 11) is 0. The number of rotatable bonds is 4. The number of anilines is 1. The maximum atomic E-state index is 12.9. The van der Waals surface area contributed by atoms with E-state index < -0.39 is 23.8 Å². The molecule has 2 aromatic carbocycles. The number of hydrogen-bond donors (Lipinski definition) is 1. The van der Waals surface area contributed by atoms with Gasteiger partial charge in [0.25, 0.3) is 11.8 Å². The van der Waals surface area contributed by atoms with Crippen LogP contribution in [0.4, 0.5) is 5.69 Å². The lowest BCUT2D eigenvalue weighted by Gasteiger charge is -2.22. The van der Waals surface area contributed by atoms with Gasteiger partial charge in [-0.1, -0.05) is 23.2 Å². The lowest BCUT2D eigenvalue weighted by atomic mass is 10.1. The minimum atomic E-state index is -1.02. The number of nitrogens with zero attached hydrogens (tertiary/aromatic N) is 4. The van der Waals surface area contributed by atoms with Gasteiger partial charge < -0.3 is 5.32 Å². The van der Waals surface area contributed by atoms with Crippen molar-refractivity contribution in [3.63, 3.8) is 0 Å². The second-order valence-corrected chi connectivity index (χ2v) is 7.13. The molecule has 1 aromatic heterocycles. The number of nitrogens with one attached hydrogen (secondary N) is 1. The zero-order chi connectivity index (χ0) is 20.7. The third kappa shape index (κ3) is 3.27. The van der Waals surface area contributed by atoms with Crippen LogP contribution in [0, 0.1) is 6.92 Å². The molecule has 0 aliphatic carbocycles. The van der Waals surface area contributed by atoms with Crippen molar-refractivity contribution in [1.29, 1.82) is 0 Å². The first-order chi connectivity index (χ1) is 13.9. The van der Waals surface area contributed by atoms with Gasteiger partial charge in [0.15, 0.2) is 0 Å². The molecule has 8 nitrogen and oxygen atoms in total. The molecule has 1 N–H and O–H groups in total. The van der Waals surface area contributed by atoms with Crippen LogP contribution < -0.4 is 5.32 Å². The second-order valence-electron chi connectivity index (χ2n) is 6.70. The van der Waals surface area contributed by atoms with Crippen LogP contribution in [0.2, 0.25) is 5.02 Å². The fourth-order valence-electron chi connectivity index (χ4n) is 3.22. The van der Waals surface area contributed by atoms with Crippen molar-refractivity contribution < 1.29 is 14.4 Å². The van der Waals surface area contributed by atoms with Crippen molar-refractivity contribution in [3.8, 4) is 5.69 Å². The van der Waals surface area contributed by atoms with Crippen molar-refractivity contribution in [1.82, 2.24) is 19.7 Å². The Balaban J connectivity index is 1.61. The van der Waals surface area contributed by atoms with Crippen molar-refractivity contribution in [2.45, 2.75) is 19.9 Å². The Morgan fingerprint density at radius 1 is 1.10 bits per heavy atom. The largest absolute Gasteiger partial charge is 0.322 e. The first-order valence-corrected chi connectivity index (χ1v) is 9.18. The Labute approximate surface area is 171 Å². The molecule has 0 bridgehead atoms. The molecule has 0 saturated heterocycles. The molecule has 29 heavy (non-hydrogen) atoms. The summed E-state index contributed by atoms with van der Waals surface area (Å²) in [5.74, 6) is -1.51. The summed E-state index contributed by atoms with van der Waals surface area (Å²) >= 11 is 6.08. The van der Waals surface area contributed by atoms with Gasteiger partial charge in [-0.25, -0.2) is 9.67 Å². The van der Waals surface area contributed by atoms with Gasteiger partial charge in [0.05, 0.1) is 22.5 Å². The third-order valence-corrected chi connectivity index (χ3v) is 4.96. The number of hydrogen-bond acceptors (Lipinski definition) is 5. The quantitative estimate of drug-likeness (QED) is 0.668. The number of imide groups is 1. The third-order valence-electron chi connectivity index (χ3n) is 4.72. The van der Waals surface area contributed by atoms with Crippen molar-refractivity contribution >= 4 is 35.0 Å². The zero-order valence-electron chi connectivity index (χ0n) is 15.6. The van der Waals surface area contributed by atoms with E-state index in [0.717, 1.165) is 10.5 Å². The van der Waals surface area contributed by atoms with Gasteiger partial charge in [-0.15, -0.1) is 0 Å². The highest BCUT2D eigenvalue weighted by Crippen LogP contribution is 2.28. The summed E-state index contributed by atoms with van der Waals surface area (Å²) < 4.78 is 1.47. The van der Waals surface area contributed by atoms with E-state index in [1.165, 1.54) is 24.3 Å². The summed E-state index contributed by atoms with van der Waals surface area (Å²) in [6.45, 7) is 3.34. The molecule has 0 fully saturated rings. The molecule has 1 atom stereocenters. The Kier molecular flexibility index (Phi) is 4.63. The normalized spacial score (nSPS) is 14.1. The second kappa shape index (κ2) is 7.14. The first-order valence-electron chi connectivity index (χ1n) is 8.81. The molecule has 1 unspecified atom stereocenters. The molecule has 1 aliphatic rings. The summed E-state index contributed by atoms with van der Waals surface area (Å²) in [5, 5.41) is 7.21.